The highest BCUT2D eigenvalue weighted by Gasteiger charge is 2.40. The van der Waals surface area contributed by atoms with Crippen LogP contribution in [0.25, 0.3) is 0 Å². The Morgan fingerprint density at radius 1 is 1.42 bits per heavy atom. The Morgan fingerprint density at radius 2 is 2.00 bits per heavy atom. The molecule has 0 aliphatic heterocycles. The van der Waals surface area contributed by atoms with Gasteiger partial charge in [-0.2, -0.15) is 17.6 Å². The minimum absolute atomic E-state index is 0.160. The zero-order valence-electron chi connectivity index (χ0n) is 9.39. The molecule has 0 aromatic carbocycles. The van der Waals surface area contributed by atoms with Crippen LogP contribution in [0.1, 0.15) is 35.0 Å². The molecule has 0 spiro atoms. The van der Waals surface area contributed by atoms with Gasteiger partial charge in [-0.05, 0) is 13.0 Å². The molecule has 1 heterocycles. The molecular weight excluding hydrogens is 280 g/mol. The lowest BCUT2D eigenvalue weighted by Crippen LogP contribution is -2.17. The molecule has 9 heteroatoms. The largest absolute Gasteiger partial charge is 0.461 e. The smallest absolute Gasteiger partial charge is 0.421 e. The van der Waals surface area contributed by atoms with Crippen LogP contribution in [-0.2, 0) is 10.9 Å². The topological polar surface area (TPSA) is 39.2 Å². The van der Waals surface area contributed by atoms with E-state index in [9.17, 15) is 31.1 Å². The van der Waals surface area contributed by atoms with Crippen molar-refractivity contribution in [2.24, 2.45) is 0 Å². The van der Waals surface area contributed by atoms with Crippen LogP contribution < -0.4 is 0 Å². The fourth-order valence-corrected chi connectivity index (χ4v) is 1.29. The van der Waals surface area contributed by atoms with Crippen molar-refractivity contribution in [2.45, 2.75) is 19.5 Å². The van der Waals surface area contributed by atoms with Gasteiger partial charge in [0.1, 0.15) is 5.56 Å². The first kappa shape index (κ1) is 15.3. The average molecular weight is 287 g/mol. The number of carbonyl (C=O) groups is 1. The van der Waals surface area contributed by atoms with Crippen molar-refractivity contribution in [3.63, 3.8) is 0 Å². The van der Waals surface area contributed by atoms with Crippen molar-refractivity contribution < 1.29 is 35.9 Å². The second-order valence-electron chi connectivity index (χ2n) is 3.28. The molecule has 0 atom stereocenters. The monoisotopic (exact) mass is 287 g/mol. The first-order valence-electron chi connectivity index (χ1n) is 4.91. The molecule has 0 aliphatic carbocycles. The molecule has 3 nitrogen and oxygen atoms in total. The van der Waals surface area contributed by atoms with Gasteiger partial charge in [-0.1, -0.05) is 0 Å². The van der Waals surface area contributed by atoms with Crippen LogP contribution in [0.4, 0.5) is 26.3 Å². The summed E-state index contributed by atoms with van der Waals surface area (Å²) in [7, 11) is 0. The van der Waals surface area contributed by atoms with E-state index in [1.54, 1.807) is 0 Å². The van der Waals surface area contributed by atoms with Crippen LogP contribution in [0, 0.1) is 5.95 Å². The fourth-order valence-electron chi connectivity index (χ4n) is 1.29. The van der Waals surface area contributed by atoms with Gasteiger partial charge < -0.3 is 4.74 Å². The van der Waals surface area contributed by atoms with Gasteiger partial charge in [0.2, 0.25) is 5.95 Å². The van der Waals surface area contributed by atoms with Crippen LogP contribution in [0.3, 0.4) is 0 Å². The number of rotatable bonds is 3. The van der Waals surface area contributed by atoms with Crippen molar-refractivity contribution in [1.29, 1.82) is 0 Å². The Morgan fingerprint density at radius 3 is 2.42 bits per heavy atom. The molecule has 0 N–H and O–H groups in total. The fraction of sp³-hybridized carbons (Fsp3) is 0.400. The molecule has 0 amide bonds. The highest BCUT2D eigenvalue weighted by Crippen LogP contribution is 2.37. The molecule has 0 fully saturated rings. The Bertz CT molecular complexity index is 486. The molecule has 0 unspecified atom stereocenters. The number of hydrogen-bond donors (Lipinski definition) is 0. The minimum Gasteiger partial charge on any atom is -0.461 e. The van der Waals surface area contributed by atoms with Gasteiger partial charge >= 0.3 is 12.1 Å². The van der Waals surface area contributed by atoms with Gasteiger partial charge in [-0.25, -0.2) is 18.6 Å². The van der Waals surface area contributed by atoms with Gasteiger partial charge in [0.15, 0.2) is 5.69 Å². The number of esters is 1. The molecule has 0 saturated heterocycles. The summed E-state index contributed by atoms with van der Waals surface area (Å²) in [6.45, 7) is 1.22. The summed E-state index contributed by atoms with van der Waals surface area (Å²) in [5.41, 5.74) is -4.78. The maximum absolute atomic E-state index is 13.2. The second kappa shape index (κ2) is 5.45. The Hall–Kier alpha value is -1.80. The number of pyridine rings is 1. The van der Waals surface area contributed by atoms with Crippen molar-refractivity contribution in [2.75, 3.05) is 6.61 Å². The summed E-state index contributed by atoms with van der Waals surface area (Å²) in [6, 6.07) is 0.175. The normalized spacial score (nSPS) is 11.8. The van der Waals surface area contributed by atoms with E-state index in [0.29, 0.717) is 0 Å². The zero-order valence-corrected chi connectivity index (χ0v) is 9.39. The number of halogens is 6. The lowest BCUT2D eigenvalue weighted by molar-refractivity contribution is -0.142. The number of ether oxygens (including phenoxy) is 1. The number of carbonyl (C=O) groups excluding carboxylic acids is 1. The van der Waals surface area contributed by atoms with Gasteiger partial charge in [-0.15, -0.1) is 0 Å². The molecule has 0 aliphatic rings. The summed E-state index contributed by atoms with van der Waals surface area (Å²) in [5, 5.41) is 0. The van der Waals surface area contributed by atoms with Crippen molar-refractivity contribution in [3.8, 4) is 0 Å². The zero-order chi connectivity index (χ0) is 14.8. The summed E-state index contributed by atoms with van der Waals surface area (Å²) in [5.74, 6) is -3.47. The van der Waals surface area contributed by atoms with E-state index in [-0.39, 0.29) is 12.7 Å². The standard InChI is InChI=1S/C10H7F6NO2/c1-2-19-9(18)5-3-4(7(11)12)6(8(13)17-5)10(14,15)16/h3,7H,2H2,1H3. The number of aromatic nitrogens is 1. The maximum atomic E-state index is 13.2. The van der Waals surface area contributed by atoms with Crippen LogP contribution in [0.15, 0.2) is 6.07 Å². The number of nitrogens with zero attached hydrogens (tertiary/aromatic N) is 1. The highest BCUT2D eigenvalue weighted by molar-refractivity contribution is 5.87. The molecular formula is C10H7F6NO2. The van der Waals surface area contributed by atoms with Crippen molar-refractivity contribution in [1.82, 2.24) is 4.98 Å². The van der Waals surface area contributed by atoms with Crippen LogP contribution in [0.2, 0.25) is 0 Å². The second-order valence-corrected chi connectivity index (χ2v) is 3.28. The lowest BCUT2D eigenvalue weighted by Gasteiger charge is -2.13. The van der Waals surface area contributed by atoms with Gasteiger partial charge in [0.05, 0.1) is 6.61 Å². The van der Waals surface area contributed by atoms with Crippen molar-refractivity contribution >= 4 is 5.97 Å². The van der Waals surface area contributed by atoms with Crippen molar-refractivity contribution in [3.05, 3.63) is 28.8 Å². The number of hydrogen-bond acceptors (Lipinski definition) is 3. The summed E-state index contributed by atoms with van der Waals surface area (Å²) >= 11 is 0. The molecule has 1 rings (SSSR count). The van der Waals surface area contributed by atoms with Gasteiger partial charge in [0.25, 0.3) is 6.43 Å². The van der Waals surface area contributed by atoms with E-state index >= 15 is 0 Å². The molecule has 0 bridgehead atoms. The van der Waals surface area contributed by atoms with E-state index in [0.717, 1.165) is 0 Å². The molecule has 19 heavy (non-hydrogen) atoms. The lowest BCUT2D eigenvalue weighted by atomic mass is 10.1. The SMILES string of the molecule is CCOC(=O)c1cc(C(F)F)c(C(F)(F)F)c(F)n1. The molecule has 1 aromatic heterocycles. The van der Waals surface area contributed by atoms with Gasteiger partial charge in [-0.3, -0.25) is 0 Å². The van der Waals surface area contributed by atoms with Crippen LogP contribution >= 0.6 is 0 Å². The van der Waals surface area contributed by atoms with Crippen LogP contribution in [0.5, 0.6) is 0 Å². The third-order valence-electron chi connectivity index (χ3n) is 2.01. The third kappa shape index (κ3) is 3.36. The summed E-state index contributed by atoms with van der Waals surface area (Å²) in [6.07, 6.45) is -8.95. The molecule has 1 aromatic rings. The quantitative estimate of drug-likeness (QED) is 0.486. The van der Waals surface area contributed by atoms with E-state index in [4.69, 9.17) is 0 Å². The first-order valence-corrected chi connectivity index (χ1v) is 4.91. The predicted octanol–water partition coefficient (Wildman–Crippen LogP) is 3.35. The predicted molar refractivity (Wildman–Crippen MR) is 50.1 cm³/mol. The molecule has 0 saturated carbocycles. The Labute approximate surface area is 103 Å². The summed E-state index contributed by atoms with van der Waals surface area (Å²) in [4.78, 5) is 13.9. The van der Waals surface area contributed by atoms with E-state index in [2.05, 4.69) is 9.72 Å². The number of alkyl halides is 5. The molecule has 0 radical (unpaired) electrons. The first-order chi connectivity index (χ1) is 8.68. The minimum atomic E-state index is -5.34. The third-order valence-corrected chi connectivity index (χ3v) is 2.01. The Balaban J connectivity index is 3.42. The summed E-state index contributed by atoms with van der Waals surface area (Å²) < 4.78 is 79.8. The van der Waals surface area contributed by atoms with E-state index in [1.807, 2.05) is 0 Å². The maximum Gasteiger partial charge on any atom is 0.421 e. The average Bonchev–Trinajstić information content (AvgIpc) is 2.26. The Kier molecular flexibility index (Phi) is 4.38. The highest BCUT2D eigenvalue weighted by atomic mass is 19.4. The molecule has 106 valence electrons. The van der Waals surface area contributed by atoms with Gasteiger partial charge in [0, 0.05) is 5.56 Å². The van der Waals surface area contributed by atoms with E-state index in [1.165, 1.54) is 6.92 Å². The van der Waals surface area contributed by atoms with Crippen LogP contribution in [-0.4, -0.2) is 17.6 Å². The van der Waals surface area contributed by atoms with E-state index < -0.39 is 41.3 Å².